The summed E-state index contributed by atoms with van der Waals surface area (Å²) in [6.45, 7) is 2.49. The highest BCUT2D eigenvalue weighted by Gasteiger charge is 2.21. The first-order chi connectivity index (χ1) is 12.9. The topological polar surface area (TPSA) is 84.9 Å². The maximum Gasteiger partial charge on any atom is 0.265 e. The number of sulfonamides is 1. The van der Waals surface area contributed by atoms with Crippen molar-refractivity contribution in [1.29, 1.82) is 0 Å². The molecule has 1 amide bonds. The van der Waals surface area contributed by atoms with Crippen molar-refractivity contribution in [3.05, 3.63) is 52.5 Å². The summed E-state index contributed by atoms with van der Waals surface area (Å²) in [7, 11) is -2.41. The molecule has 144 valence electrons. The van der Waals surface area contributed by atoms with E-state index in [2.05, 4.69) is 20.7 Å². The minimum Gasteiger partial charge on any atom is -0.495 e. The van der Waals surface area contributed by atoms with Gasteiger partial charge in [-0.2, -0.15) is 0 Å². The second-order valence-electron chi connectivity index (χ2n) is 5.87. The number of halogens is 1. The van der Waals surface area contributed by atoms with Crippen molar-refractivity contribution in [2.45, 2.75) is 4.90 Å². The Morgan fingerprint density at radius 3 is 2.44 bits per heavy atom. The van der Waals surface area contributed by atoms with E-state index < -0.39 is 15.9 Å². The summed E-state index contributed by atoms with van der Waals surface area (Å²) in [5.41, 5.74) is 0.965. The Morgan fingerprint density at radius 1 is 1.15 bits per heavy atom. The number of rotatable bonds is 5. The molecule has 1 saturated heterocycles. The van der Waals surface area contributed by atoms with Crippen molar-refractivity contribution >= 4 is 37.5 Å². The van der Waals surface area contributed by atoms with Gasteiger partial charge in [0, 0.05) is 23.1 Å². The Morgan fingerprint density at radius 2 is 1.81 bits per heavy atom. The standard InChI is InChI=1S/C18H19BrN2O5S/c1-25-17-7-2-13(12-16(17)21-8-10-26-11-9-21)18(22)20-27(23,24)15-5-3-14(19)4-6-15/h2-7,12H,8-11H2,1H3,(H,20,22). The van der Waals surface area contributed by atoms with Gasteiger partial charge in [-0.05, 0) is 42.5 Å². The lowest BCUT2D eigenvalue weighted by molar-refractivity contribution is 0.0981. The average Bonchev–Trinajstić information content (AvgIpc) is 2.68. The molecule has 1 aliphatic rings. The molecule has 0 unspecified atom stereocenters. The molecule has 0 bridgehead atoms. The van der Waals surface area contributed by atoms with Gasteiger partial charge < -0.3 is 14.4 Å². The van der Waals surface area contributed by atoms with Crippen molar-refractivity contribution < 1.29 is 22.7 Å². The van der Waals surface area contributed by atoms with E-state index in [0.29, 0.717) is 32.1 Å². The predicted molar refractivity (Wildman–Crippen MR) is 105 cm³/mol. The molecule has 9 heteroatoms. The van der Waals surface area contributed by atoms with E-state index in [-0.39, 0.29) is 10.5 Å². The Balaban J connectivity index is 1.85. The smallest absolute Gasteiger partial charge is 0.265 e. The normalized spacial score (nSPS) is 14.7. The number of nitrogens with zero attached hydrogens (tertiary/aromatic N) is 1. The molecule has 0 aromatic heterocycles. The first kappa shape index (κ1) is 19.7. The Labute approximate surface area is 166 Å². The van der Waals surface area contributed by atoms with Gasteiger partial charge in [0.25, 0.3) is 15.9 Å². The van der Waals surface area contributed by atoms with E-state index in [0.717, 1.165) is 10.2 Å². The van der Waals surface area contributed by atoms with E-state index in [4.69, 9.17) is 9.47 Å². The van der Waals surface area contributed by atoms with E-state index >= 15 is 0 Å². The molecule has 0 aliphatic carbocycles. The molecule has 3 rings (SSSR count). The highest BCUT2D eigenvalue weighted by Crippen LogP contribution is 2.30. The fourth-order valence-corrected chi connectivity index (χ4v) is 3.97. The molecular formula is C18H19BrN2O5S. The molecule has 2 aromatic carbocycles. The van der Waals surface area contributed by atoms with Gasteiger partial charge >= 0.3 is 0 Å². The zero-order chi connectivity index (χ0) is 19.4. The van der Waals surface area contributed by atoms with Crippen LogP contribution in [0.1, 0.15) is 10.4 Å². The van der Waals surface area contributed by atoms with Gasteiger partial charge in [-0.1, -0.05) is 15.9 Å². The van der Waals surface area contributed by atoms with Gasteiger partial charge in [-0.25, -0.2) is 13.1 Å². The fraction of sp³-hybridized carbons (Fsp3) is 0.278. The molecule has 0 radical (unpaired) electrons. The third-order valence-corrected chi connectivity index (χ3v) is 6.02. The van der Waals surface area contributed by atoms with Crippen LogP contribution in [-0.4, -0.2) is 47.7 Å². The van der Waals surface area contributed by atoms with Gasteiger partial charge in [0.1, 0.15) is 5.75 Å². The number of methoxy groups -OCH3 is 1. The highest BCUT2D eigenvalue weighted by molar-refractivity contribution is 9.10. The van der Waals surface area contributed by atoms with Crippen LogP contribution in [0.2, 0.25) is 0 Å². The summed E-state index contributed by atoms with van der Waals surface area (Å²) in [6, 6.07) is 10.9. The van der Waals surface area contributed by atoms with Crippen LogP contribution in [0.5, 0.6) is 5.75 Å². The van der Waals surface area contributed by atoms with Crippen LogP contribution in [-0.2, 0) is 14.8 Å². The van der Waals surface area contributed by atoms with Crippen molar-refractivity contribution in [2.75, 3.05) is 38.3 Å². The molecule has 27 heavy (non-hydrogen) atoms. The molecule has 2 aromatic rings. The van der Waals surface area contributed by atoms with Crippen molar-refractivity contribution in [3.8, 4) is 5.75 Å². The number of hydrogen-bond acceptors (Lipinski definition) is 6. The largest absolute Gasteiger partial charge is 0.495 e. The first-order valence-corrected chi connectivity index (χ1v) is 10.5. The lowest BCUT2D eigenvalue weighted by Gasteiger charge is -2.30. The molecule has 1 fully saturated rings. The van der Waals surface area contributed by atoms with Crippen LogP contribution < -0.4 is 14.4 Å². The van der Waals surface area contributed by atoms with E-state index in [1.54, 1.807) is 31.4 Å². The molecule has 1 N–H and O–H groups in total. The summed E-state index contributed by atoms with van der Waals surface area (Å²) in [5, 5.41) is 0. The molecule has 7 nitrogen and oxygen atoms in total. The maximum absolute atomic E-state index is 12.6. The highest BCUT2D eigenvalue weighted by atomic mass is 79.9. The number of benzene rings is 2. The summed E-state index contributed by atoms with van der Waals surface area (Å²) in [5.74, 6) is -0.0840. The van der Waals surface area contributed by atoms with Crippen molar-refractivity contribution in [2.24, 2.45) is 0 Å². The summed E-state index contributed by atoms with van der Waals surface area (Å²) < 4.78 is 38.5. The van der Waals surface area contributed by atoms with E-state index in [1.165, 1.54) is 18.2 Å². The summed E-state index contributed by atoms with van der Waals surface area (Å²) in [4.78, 5) is 14.6. The van der Waals surface area contributed by atoms with Gasteiger partial charge in [0.2, 0.25) is 0 Å². The van der Waals surface area contributed by atoms with Crippen LogP contribution in [0.25, 0.3) is 0 Å². The maximum atomic E-state index is 12.6. The number of hydrogen-bond donors (Lipinski definition) is 1. The monoisotopic (exact) mass is 454 g/mol. The first-order valence-electron chi connectivity index (χ1n) is 8.24. The fourth-order valence-electron chi connectivity index (χ4n) is 2.74. The third-order valence-electron chi connectivity index (χ3n) is 4.14. The number of amides is 1. The lowest BCUT2D eigenvalue weighted by atomic mass is 10.1. The van der Waals surface area contributed by atoms with Crippen molar-refractivity contribution in [3.63, 3.8) is 0 Å². The van der Waals surface area contributed by atoms with Crippen LogP contribution in [0.3, 0.4) is 0 Å². The van der Waals surface area contributed by atoms with E-state index in [9.17, 15) is 13.2 Å². The zero-order valence-electron chi connectivity index (χ0n) is 14.6. The second-order valence-corrected chi connectivity index (χ2v) is 8.47. The number of anilines is 1. The van der Waals surface area contributed by atoms with Crippen LogP contribution in [0.15, 0.2) is 51.8 Å². The lowest BCUT2D eigenvalue weighted by Crippen LogP contribution is -2.36. The van der Waals surface area contributed by atoms with Crippen LogP contribution in [0, 0.1) is 0 Å². The molecule has 0 atom stereocenters. The van der Waals surface area contributed by atoms with Gasteiger partial charge in [-0.3, -0.25) is 4.79 Å². The Hall–Kier alpha value is -2.10. The second kappa shape index (κ2) is 8.28. The van der Waals surface area contributed by atoms with Gasteiger partial charge in [-0.15, -0.1) is 0 Å². The Kier molecular flexibility index (Phi) is 6.03. The van der Waals surface area contributed by atoms with Crippen LogP contribution in [0.4, 0.5) is 5.69 Å². The van der Waals surface area contributed by atoms with Gasteiger partial charge in [0.05, 0.1) is 30.9 Å². The SMILES string of the molecule is COc1ccc(C(=O)NS(=O)(=O)c2ccc(Br)cc2)cc1N1CCOCC1. The summed E-state index contributed by atoms with van der Waals surface area (Å²) >= 11 is 3.25. The number of ether oxygens (including phenoxy) is 2. The number of nitrogens with one attached hydrogen (secondary N) is 1. The number of carbonyl (C=O) groups is 1. The molecular weight excluding hydrogens is 436 g/mol. The van der Waals surface area contributed by atoms with Gasteiger partial charge in [0.15, 0.2) is 0 Å². The minimum atomic E-state index is -3.96. The molecule has 1 heterocycles. The third kappa shape index (κ3) is 4.60. The molecule has 1 aliphatic heterocycles. The average molecular weight is 455 g/mol. The predicted octanol–water partition coefficient (Wildman–Crippen LogP) is 2.41. The van der Waals surface area contributed by atoms with E-state index in [1.807, 2.05) is 4.90 Å². The summed E-state index contributed by atoms with van der Waals surface area (Å²) in [6.07, 6.45) is 0. The minimum absolute atomic E-state index is 0.0148. The quantitative estimate of drug-likeness (QED) is 0.746. The molecule has 0 spiro atoms. The molecule has 0 saturated carbocycles. The zero-order valence-corrected chi connectivity index (χ0v) is 17.0. The Bertz CT molecular complexity index is 925. The van der Waals surface area contributed by atoms with Crippen molar-refractivity contribution in [1.82, 2.24) is 4.72 Å². The number of carbonyl (C=O) groups excluding carboxylic acids is 1. The number of morpholine rings is 1. The van der Waals surface area contributed by atoms with Crippen LogP contribution >= 0.6 is 15.9 Å².